The van der Waals surface area contributed by atoms with E-state index in [0.717, 1.165) is 48.3 Å². The number of hydrogen-bond donors (Lipinski definition) is 2. The van der Waals surface area contributed by atoms with Crippen LogP contribution in [0.5, 0.6) is 11.5 Å². The molecular formula is C27H29ClN6O3. The van der Waals surface area contributed by atoms with Crippen molar-refractivity contribution in [1.82, 2.24) is 30.0 Å². The molecule has 5 heterocycles. The maximum absolute atomic E-state index is 13.0. The van der Waals surface area contributed by atoms with Crippen molar-refractivity contribution in [1.29, 1.82) is 0 Å². The number of carbonyl (C=O) groups is 1. The molecule has 37 heavy (non-hydrogen) atoms. The summed E-state index contributed by atoms with van der Waals surface area (Å²) in [6.45, 7) is 0. The predicted molar refractivity (Wildman–Crippen MR) is 141 cm³/mol. The van der Waals surface area contributed by atoms with Crippen LogP contribution in [0.3, 0.4) is 0 Å². The van der Waals surface area contributed by atoms with Crippen LogP contribution in [-0.4, -0.2) is 57.7 Å². The minimum Gasteiger partial charge on any atom is -0.496 e. The fourth-order valence-electron chi connectivity index (χ4n) is 5.75. The van der Waals surface area contributed by atoms with Gasteiger partial charge in [0.05, 0.1) is 30.6 Å². The Bertz CT molecular complexity index is 1320. The topological polar surface area (TPSA) is 83.9 Å². The van der Waals surface area contributed by atoms with E-state index in [1.165, 1.54) is 0 Å². The number of methoxy groups -OCH3 is 2. The first kappa shape index (κ1) is 23.5. The van der Waals surface area contributed by atoms with Gasteiger partial charge in [0.2, 0.25) is 0 Å². The van der Waals surface area contributed by atoms with E-state index in [1.807, 2.05) is 24.7 Å². The Morgan fingerprint density at radius 3 is 2.65 bits per heavy atom. The SMILES string of the molecule is COc1cc(OC)c(C2=CN3C=CC(N[C@H]4C[C@H]5CC[C@@H](C4)N5C(=O)n4ccnc4)=CC3=CN2)cc1Cl. The number of piperidine rings is 1. The highest BCUT2D eigenvalue weighted by Gasteiger charge is 2.43. The van der Waals surface area contributed by atoms with Crippen molar-refractivity contribution in [2.24, 2.45) is 0 Å². The van der Waals surface area contributed by atoms with E-state index in [9.17, 15) is 4.79 Å². The number of benzene rings is 1. The molecule has 192 valence electrons. The Kier molecular flexibility index (Phi) is 6.08. The number of halogens is 1. The lowest BCUT2D eigenvalue weighted by molar-refractivity contribution is 0.135. The molecule has 4 aliphatic rings. The largest absolute Gasteiger partial charge is 0.496 e. The summed E-state index contributed by atoms with van der Waals surface area (Å²) in [5.41, 5.74) is 3.79. The quantitative estimate of drug-likeness (QED) is 0.609. The van der Waals surface area contributed by atoms with Gasteiger partial charge in [0.1, 0.15) is 17.8 Å². The number of aromatic nitrogens is 2. The van der Waals surface area contributed by atoms with Crippen molar-refractivity contribution in [3.8, 4) is 11.5 Å². The number of nitrogens with one attached hydrogen (secondary N) is 2. The van der Waals surface area contributed by atoms with Gasteiger partial charge in [-0.15, -0.1) is 0 Å². The number of amides is 1. The average Bonchev–Trinajstić information content (AvgIpc) is 3.54. The van der Waals surface area contributed by atoms with Crippen molar-refractivity contribution in [2.45, 2.75) is 43.8 Å². The van der Waals surface area contributed by atoms with Crippen LogP contribution in [0.1, 0.15) is 31.2 Å². The van der Waals surface area contributed by atoms with Gasteiger partial charge in [-0.25, -0.2) is 9.78 Å². The molecule has 2 N–H and O–H groups in total. The number of carbonyl (C=O) groups excluding carboxylic acids is 1. The molecule has 2 bridgehead atoms. The zero-order valence-corrected chi connectivity index (χ0v) is 21.5. The molecule has 0 unspecified atom stereocenters. The normalized spacial score (nSPS) is 24.0. The minimum atomic E-state index is 0.0340. The fraction of sp³-hybridized carbons (Fsp3) is 0.333. The number of fused-ring (bicyclic) bond motifs is 3. The van der Waals surface area contributed by atoms with Crippen molar-refractivity contribution < 1.29 is 14.3 Å². The summed E-state index contributed by atoms with van der Waals surface area (Å²) >= 11 is 6.38. The van der Waals surface area contributed by atoms with Crippen molar-refractivity contribution in [2.75, 3.05) is 14.2 Å². The molecule has 0 saturated carbocycles. The number of ether oxygens (including phenoxy) is 2. The lowest BCUT2D eigenvalue weighted by atomic mass is 9.97. The van der Waals surface area contributed by atoms with E-state index in [4.69, 9.17) is 21.1 Å². The van der Waals surface area contributed by atoms with E-state index in [2.05, 4.69) is 37.6 Å². The maximum atomic E-state index is 13.0. The molecule has 1 amide bonds. The number of rotatable bonds is 5. The van der Waals surface area contributed by atoms with Gasteiger partial charge in [0.25, 0.3) is 0 Å². The van der Waals surface area contributed by atoms with Gasteiger partial charge in [0.15, 0.2) is 0 Å². The predicted octanol–water partition coefficient (Wildman–Crippen LogP) is 4.26. The third-order valence-corrected chi connectivity index (χ3v) is 7.77. The summed E-state index contributed by atoms with van der Waals surface area (Å²) in [7, 11) is 3.21. The Balaban J connectivity index is 1.13. The third-order valence-electron chi connectivity index (χ3n) is 7.47. The molecule has 1 aromatic heterocycles. The minimum absolute atomic E-state index is 0.0340. The van der Waals surface area contributed by atoms with E-state index < -0.39 is 0 Å². The molecule has 2 fully saturated rings. The standard InChI is InChI=1S/C27H29ClN6O3/c1-36-25-13-26(37-2)23(28)12-22(25)24-15-32-7-5-17(9-21(32)14-30-24)31-18-10-19-3-4-20(11-18)34(19)27(35)33-8-6-29-16-33/h5-9,12-16,18-20,30-31H,3-4,10-11H2,1-2H3/t18-,19+,20-. The van der Waals surface area contributed by atoms with Gasteiger partial charge in [-0.2, -0.15) is 0 Å². The number of imidazole rings is 1. The first-order valence-corrected chi connectivity index (χ1v) is 12.8. The summed E-state index contributed by atoms with van der Waals surface area (Å²) in [5.74, 6) is 1.24. The fourth-order valence-corrected chi connectivity index (χ4v) is 5.99. The van der Waals surface area contributed by atoms with Gasteiger partial charge in [0, 0.05) is 66.4 Å². The molecule has 9 nitrogen and oxygen atoms in total. The van der Waals surface area contributed by atoms with E-state index in [-0.39, 0.29) is 18.1 Å². The van der Waals surface area contributed by atoms with Gasteiger partial charge in [-0.1, -0.05) is 11.6 Å². The summed E-state index contributed by atoms with van der Waals surface area (Å²) in [4.78, 5) is 21.1. The van der Waals surface area contributed by atoms with Crippen LogP contribution in [0.25, 0.3) is 5.70 Å². The van der Waals surface area contributed by atoms with E-state index in [0.29, 0.717) is 22.6 Å². The highest BCUT2D eigenvalue weighted by atomic mass is 35.5. The molecule has 1 aromatic carbocycles. The second-order valence-corrected chi connectivity index (χ2v) is 10.0. The number of hydrogen-bond acceptors (Lipinski definition) is 7. The third kappa shape index (κ3) is 4.33. The zero-order valence-electron chi connectivity index (χ0n) is 20.7. The van der Waals surface area contributed by atoms with Crippen molar-refractivity contribution in [3.63, 3.8) is 0 Å². The molecule has 4 aliphatic heterocycles. The second-order valence-electron chi connectivity index (χ2n) is 9.62. The van der Waals surface area contributed by atoms with Crippen LogP contribution in [0.4, 0.5) is 4.79 Å². The molecule has 10 heteroatoms. The smallest absolute Gasteiger partial charge is 0.329 e. The van der Waals surface area contributed by atoms with Crippen LogP contribution in [0, 0.1) is 0 Å². The lowest BCUT2D eigenvalue weighted by Crippen LogP contribution is -2.52. The summed E-state index contributed by atoms with van der Waals surface area (Å²) < 4.78 is 12.5. The molecule has 2 aromatic rings. The molecule has 0 aliphatic carbocycles. The van der Waals surface area contributed by atoms with Gasteiger partial charge < -0.3 is 29.9 Å². The van der Waals surface area contributed by atoms with E-state index >= 15 is 0 Å². The van der Waals surface area contributed by atoms with Gasteiger partial charge in [-0.05, 0) is 43.9 Å². The molecular weight excluding hydrogens is 492 g/mol. The lowest BCUT2D eigenvalue weighted by Gasteiger charge is -2.39. The van der Waals surface area contributed by atoms with Crippen LogP contribution in [0.15, 0.2) is 73.0 Å². The first-order valence-electron chi connectivity index (χ1n) is 12.4. The number of nitrogens with zero attached hydrogens (tertiary/aromatic N) is 4. The monoisotopic (exact) mass is 520 g/mol. The van der Waals surface area contributed by atoms with Crippen LogP contribution >= 0.6 is 11.6 Å². The first-order chi connectivity index (χ1) is 18.0. The maximum Gasteiger partial charge on any atom is 0.329 e. The van der Waals surface area contributed by atoms with Gasteiger partial charge >= 0.3 is 6.03 Å². The van der Waals surface area contributed by atoms with Crippen LogP contribution in [-0.2, 0) is 0 Å². The molecule has 6 rings (SSSR count). The Morgan fingerprint density at radius 1 is 1.16 bits per heavy atom. The highest BCUT2D eigenvalue weighted by Crippen LogP contribution is 2.38. The zero-order chi connectivity index (χ0) is 25.5. The summed E-state index contributed by atoms with van der Waals surface area (Å²) in [6, 6.07) is 4.49. The van der Waals surface area contributed by atoms with Crippen LogP contribution in [0.2, 0.25) is 5.02 Å². The Morgan fingerprint density at radius 2 is 1.95 bits per heavy atom. The summed E-state index contributed by atoms with van der Waals surface area (Å²) in [5, 5.41) is 7.61. The molecule has 3 atom stereocenters. The average molecular weight is 521 g/mol. The summed E-state index contributed by atoms with van der Waals surface area (Å²) in [6.07, 6.45) is 19.2. The molecule has 0 spiro atoms. The second kappa shape index (κ2) is 9.55. The number of allylic oxidation sites excluding steroid dienone is 2. The Labute approximate surface area is 220 Å². The molecule has 2 saturated heterocycles. The van der Waals surface area contributed by atoms with Crippen molar-refractivity contribution in [3.05, 3.63) is 83.6 Å². The van der Waals surface area contributed by atoms with E-state index in [1.54, 1.807) is 43.6 Å². The highest BCUT2D eigenvalue weighted by molar-refractivity contribution is 6.32. The Hall–Kier alpha value is -3.85. The van der Waals surface area contributed by atoms with Gasteiger partial charge in [-0.3, -0.25) is 4.57 Å². The van der Waals surface area contributed by atoms with Crippen LogP contribution < -0.4 is 20.1 Å². The van der Waals surface area contributed by atoms with Crippen molar-refractivity contribution >= 4 is 23.3 Å². The molecule has 0 radical (unpaired) electrons.